The monoisotopic (exact) mass is 519 g/mol. The summed E-state index contributed by atoms with van der Waals surface area (Å²) in [6, 6.07) is 7.53. The van der Waals surface area contributed by atoms with Gasteiger partial charge in [0, 0.05) is 52.4 Å². The smallest absolute Gasteiger partial charge is 0.194 e. The molecule has 2 heterocycles. The fraction of sp³-hybridized carbons (Fsp3) is 0.667. The van der Waals surface area contributed by atoms with Crippen LogP contribution in [0.1, 0.15) is 19.8 Å². The second kappa shape index (κ2) is 12.5. The Kier molecular flexibility index (Phi) is 10.4. The van der Waals surface area contributed by atoms with Gasteiger partial charge in [0.25, 0.3) is 0 Å². The molecule has 2 fully saturated rings. The van der Waals surface area contributed by atoms with Gasteiger partial charge in [-0.3, -0.25) is 9.89 Å². The second-order valence-corrected chi connectivity index (χ2v) is 7.44. The summed E-state index contributed by atoms with van der Waals surface area (Å²) in [5.41, 5.74) is 0.698. The van der Waals surface area contributed by atoms with Gasteiger partial charge in [0.1, 0.15) is 5.82 Å². The Morgan fingerprint density at radius 1 is 1.21 bits per heavy atom. The van der Waals surface area contributed by atoms with Crippen LogP contribution in [0, 0.1) is 5.82 Å². The molecular weight excluding hydrogens is 484 g/mol. The average molecular weight is 519 g/mol. The number of rotatable bonds is 7. The summed E-state index contributed by atoms with van der Waals surface area (Å²) in [6.45, 7) is 9.96. The molecule has 3 rings (SSSR count). The van der Waals surface area contributed by atoms with E-state index < -0.39 is 0 Å². The lowest BCUT2D eigenvalue weighted by molar-refractivity contribution is 0.142. The Bertz CT molecular complexity index is 639. The van der Waals surface area contributed by atoms with Crippen LogP contribution in [0.2, 0.25) is 0 Å². The minimum absolute atomic E-state index is 0. The lowest BCUT2D eigenvalue weighted by Crippen LogP contribution is -2.53. The van der Waals surface area contributed by atoms with E-state index in [4.69, 9.17) is 9.73 Å². The molecule has 1 atom stereocenters. The van der Waals surface area contributed by atoms with Crippen molar-refractivity contribution in [3.8, 4) is 0 Å². The van der Waals surface area contributed by atoms with Crippen LogP contribution in [-0.2, 0) is 4.74 Å². The predicted molar refractivity (Wildman–Crippen MR) is 128 cm³/mol. The molecule has 1 N–H and O–H groups in total. The van der Waals surface area contributed by atoms with Crippen molar-refractivity contribution < 1.29 is 9.13 Å². The third-order valence-corrected chi connectivity index (χ3v) is 5.64. The molecule has 2 aliphatic heterocycles. The van der Waals surface area contributed by atoms with E-state index in [0.717, 1.165) is 64.9 Å². The standard InChI is InChI=1S/C21H34FN5O.HI/c1-3-23-21(24-17-18-7-6-10-25(18)15-16-28-2)27-13-11-26(12-14-27)20-9-5-4-8-19(20)22;/h4-5,8-9,18H,3,6-7,10-17H2,1-2H3,(H,23,24);1H. The summed E-state index contributed by atoms with van der Waals surface area (Å²) in [7, 11) is 1.76. The fourth-order valence-electron chi connectivity index (χ4n) is 4.09. The number of hydrogen-bond acceptors (Lipinski definition) is 4. The molecule has 0 aromatic heterocycles. The Labute approximate surface area is 191 Å². The molecule has 2 saturated heterocycles. The number of benzene rings is 1. The Hall–Kier alpha value is -1.13. The molecule has 0 radical (unpaired) electrons. The van der Waals surface area contributed by atoms with E-state index in [1.54, 1.807) is 13.2 Å². The number of ether oxygens (including phenoxy) is 1. The van der Waals surface area contributed by atoms with E-state index in [2.05, 4.69) is 26.9 Å². The SMILES string of the molecule is CCNC(=NCC1CCCN1CCOC)N1CCN(c2ccccc2F)CC1.I. The first-order valence-corrected chi connectivity index (χ1v) is 10.5. The molecule has 0 amide bonds. The highest BCUT2D eigenvalue weighted by Gasteiger charge is 2.25. The highest BCUT2D eigenvalue weighted by molar-refractivity contribution is 14.0. The first-order chi connectivity index (χ1) is 13.7. The molecule has 0 saturated carbocycles. The largest absolute Gasteiger partial charge is 0.383 e. The summed E-state index contributed by atoms with van der Waals surface area (Å²) in [5.74, 6) is 0.836. The maximum atomic E-state index is 14.1. The summed E-state index contributed by atoms with van der Waals surface area (Å²) in [4.78, 5) is 11.9. The molecule has 6 nitrogen and oxygen atoms in total. The van der Waals surface area contributed by atoms with Crippen molar-refractivity contribution in [3.05, 3.63) is 30.1 Å². The number of halogens is 2. The van der Waals surface area contributed by atoms with Gasteiger partial charge in [0.15, 0.2) is 5.96 Å². The van der Waals surface area contributed by atoms with Gasteiger partial charge in [0.2, 0.25) is 0 Å². The molecular formula is C21H35FIN5O. The van der Waals surface area contributed by atoms with Crippen molar-refractivity contribution in [2.75, 3.05) is 71.0 Å². The topological polar surface area (TPSA) is 43.3 Å². The minimum Gasteiger partial charge on any atom is -0.383 e. The first kappa shape index (κ1) is 24.1. The molecule has 1 aromatic rings. The molecule has 29 heavy (non-hydrogen) atoms. The van der Waals surface area contributed by atoms with Crippen molar-refractivity contribution in [2.24, 2.45) is 4.99 Å². The summed E-state index contributed by atoms with van der Waals surface area (Å²) in [5, 5.41) is 3.44. The number of piperazine rings is 1. The number of nitrogens with zero attached hydrogens (tertiary/aromatic N) is 4. The summed E-state index contributed by atoms with van der Waals surface area (Å²) in [6.07, 6.45) is 2.44. The molecule has 1 aromatic carbocycles. The first-order valence-electron chi connectivity index (χ1n) is 10.5. The zero-order valence-electron chi connectivity index (χ0n) is 17.6. The molecule has 0 bridgehead atoms. The van der Waals surface area contributed by atoms with Gasteiger partial charge >= 0.3 is 0 Å². The number of aliphatic imine (C=N–C) groups is 1. The Morgan fingerprint density at radius 3 is 2.66 bits per heavy atom. The molecule has 8 heteroatoms. The molecule has 1 unspecified atom stereocenters. The predicted octanol–water partition coefficient (Wildman–Crippen LogP) is 2.64. The molecule has 0 spiro atoms. The summed E-state index contributed by atoms with van der Waals surface area (Å²) < 4.78 is 19.3. The summed E-state index contributed by atoms with van der Waals surface area (Å²) >= 11 is 0. The van der Waals surface area contributed by atoms with Crippen molar-refractivity contribution in [1.29, 1.82) is 0 Å². The maximum absolute atomic E-state index is 14.1. The van der Waals surface area contributed by atoms with E-state index in [-0.39, 0.29) is 29.8 Å². The van der Waals surface area contributed by atoms with E-state index in [1.807, 2.05) is 12.1 Å². The van der Waals surface area contributed by atoms with Crippen LogP contribution < -0.4 is 10.2 Å². The molecule has 2 aliphatic rings. The minimum atomic E-state index is -0.145. The lowest BCUT2D eigenvalue weighted by Gasteiger charge is -2.38. The third kappa shape index (κ3) is 6.68. The molecule has 0 aliphatic carbocycles. The van der Waals surface area contributed by atoms with E-state index >= 15 is 0 Å². The zero-order valence-corrected chi connectivity index (χ0v) is 20.0. The van der Waals surface area contributed by atoms with Crippen LogP contribution in [0.25, 0.3) is 0 Å². The van der Waals surface area contributed by atoms with Crippen molar-refractivity contribution in [3.63, 3.8) is 0 Å². The number of guanidine groups is 1. The molecule has 164 valence electrons. The van der Waals surface area contributed by atoms with Crippen LogP contribution in [-0.4, -0.2) is 87.9 Å². The number of anilines is 1. The zero-order chi connectivity index (χ0) is 19.8. The van der Waals surface area contributed by atoms with E-state index in [0.29, 0.717) is 11.7 Å². The number of nitrogens with one attached hydrogen (secondary N) is 1. The van der Waals surface area contributed by atoms with E-state index in [1.165, 1.54) is 18.9 Å². The number of likely N-dealkylation sites (tertiary alicyclic amines) is 1. The second-order valence-electron chi connectivity index (χ2n) is 7.44. The van der Waals surface area contributed by atoms with Crippen molar-refractivity contribution in [2.45, 2.75) is 25.8 Å². The van der Waals surface area contributed by atoms with Gasteiger partial charge in [-0.05, 0) is 38.4 Å². The normalized spacial score (nSPS) is 20.7. The van der Waals surface area contributed by atoms with Crippen molar-refractivity contribution in [1.82, 2.24) is 15.1 Å². The highest BCUT2D eigenvalue weighted by Crippen LogP contribution is 2.20. The quantitative estimate of drug-likeness (QED) is 0.341. The Morgan fingerprint density at radius 2 is 1.97 bits per heavy atom. The number of methoxy groups -OCH3 is 1. The number of hydrogen-bond donors (Lipinski definition) is 1. The van der Waals surface area contributed by atoms with Gasteiger partial charge in [-0.2, -0.15) is 0 Å². The van der Waals surface area contributed by atoms with E-state index in [9.17, 15) is 4.39 Å². The van der Waals surface area contributed by atoms with Crippen molar-refractivity contribution >= 4 is 35.6 Å². The van der Waals surface area contributed by atoms with Gasteiger partial charge in [-0.15, -0.1) is 24.0 Å². The Balaban J connectivity index is 0.00000300. The van der Waals surface area contributed by atoms with Crippen LogP contribution in [0.5, 0.6) is 0 Å². The fourth-order valence-corrected chi connectivity index (χ4v) is 4.09. The van der Waals surface area contributed by atoms with Crippen LogP contribution in [0.4, 0.5) is 10.1 Å². The van der Waals surface area contributed by atoms with Gasteiger partial charge in [-0.25, -0.2) is 4.39 Å². The van der Waals surface area contributed by atoms with Crippen LogP contribution in [0.15, 0.2) is 29.3 Å². The highest BCUT2D eigenvalue weighted by atomic mass is 127. The maximum Gasteiger partial charge on any atom is 0.194 e. The third-order valence-electron chi connectivity index (χ3n) is 5.64. The van der Waals surface area contributed by atoms with Gasteiger partial charge in [0.05, 0.1) is 18.8 Å². The van der Waals surface area contributed by atoms with Gasteiger partial charge < -0.3 is 19.9 Å². The van der Waals surface area contributed by atoms with Crippen LogP contribution >= 0.6 is 24.0 Å². The lowest BCUT2D eigenvalue weighted by atomic mass is 10.2. The van der Waals surface area contributed by atoms with Gasteiger partial charge in [-0.1, -0.05) is 12.1 Å². The number of para-hydroxylation sites is 1. The average Bonchev–Trinajstić information content (AvgIpc) is 3.17. The van der Waals surface area contributed by atoms with Crippen LogP contribution in [0.3, 0.4) is 0 Å².